The number of methoxy groups -OCH3 is 1. The van der Waals surface area contributed by atoms with Gasteiger partial charge in [-0.2, -0.15) is 9.97 Å². The van der Waals surface area contributed by atoms with Crippen LogP contribution in [0.4, 0.5) is 23.5 Å². The Labute approximate surface area is 413 Å². The molecule has 0 spiro atoms. The van der Waals surface area contributed by atoms with Crippen LogP contribution in [0.3, 0.4) is 0 Å². The third-order valence-corrected chi connectivity index (χ3v) is 7.14. The number of aromatic hydroxyl groups is 1. The minimum Gasteiger partial charge on any atom is -1.00 e. The van der Waals surface area contributed by atoms with Crippen LogP contribution >= 0.6 is 62.3 Å². The smallest absolute Gasteiger partial charge is 1.00 e. The third-order valence-electron chi connectivity index (χ3n) is 5.41. The monoisotopic (exact) mass is 922 g/mol. The van der Waals surface area contributed by atoms with Crippen LogP contribution in [0.2, 0.25) is 20.1 Å². The van der Waals surface area contributed by atoms with Gasteiger partial charge in [0.2, 0.25) is 11.9 Å². The van der Waals surface area contributed by atoms with Gasteiger partial charge in [0, 0.05) is 18.2 Å². The molecule has 52 heavy (non-hydrogen) atoms. The van der Waals surface area contributed by atoms with Crippen molar-refractivity contribution in [3.63, 3.8) is 0 Å². The molecule has 4 rings (SSSR count). The van der Waals surface area contributed by atoms with Crippen LogP contribution in [0.15, 0.2) is 24.3 Å². The molecule has 18 nitrogen and oxygen atoms in total. The fraction of sp³-hybridized carbons (Fsp3) is 0.296. The largest absolute Gasteiger partial charge is 1.00 e. The fourth-order valence-electron chi connectivity index (χ4n) is 3.31. The molecule has 0 aliphatic carbocycles. The van der Waals surface area contributed by atoms with Crippen molar-refractivity contribution in [2.24, 2.45) is 0 Å². The molecule has 0 radical (unpaired) electrons. The van der Waals surface area contributed by atoms with Gasteiger partial charge in [-0.3, -0.25) is 4.79 Å². The van der Waals surface area contributed by atoms with E-state index in [0.29, 0.717) is 62.2 Å². The van der Waals surface area contributed by atoms with Crippen molar-refractivity contribution in [1.29, 1.82) is 0 Å². The number of carbonyl (C=O) groups is 1. The first-order valence-corrected chi connectivity index (χ1v) is 16.6. The maximum Gasteiger partial charge on any atom is 1.00 e. The van der Waals surface area contributed by atoms with Gasteiger partial charge in [0.1, 0.15) is 39.5 Å². The first-order valence-electron chi connectivity index (χ1n) is 13.5. The number of phenolic OH excluding ortho intramolecular Hbond substituents is 1. The molecule has 9 N–H and O–H groups in total. The number of nitrogen functional groups attached to an aromatic ring is 4. The quantitative estimate of drug-likeness (QED) is 0.0229. The van der Waals surface area contributed by atoms with E-state index < -0.39 is 0 Å². The van der Waals surface area contributed by atoms with E-state index in [1.807, 2.05) is 5.83 Å². The van der Waals surface area contributed by atoms with Gasteiger partial charge in [-0.25, -0.2) is 0 Å². The van der Waals surface area contributed by atoms with Crippen molar-refractivity contribution in [2.75, 3.05) is 75.5 Å². The van der Waals surface area contributed by atoms with E-state index >= 15 is 0 Å². The van der Waals surface area contributed by atoms with Gasteiger partial charge in [0.05, 0.1) is 43.1 Å². The van der Waals surface area contributed by atoms with Crippen molar-refractivity contribution < 1.29 is 143 Å². The summed E-state index contributed by atoms with van der Waals surface area (Å²) in [5.74, 6) is 2.23. The standard InChI is InChI=1S/C16H21Cl2N5O4.C9H7Cl2N5O.CH3Br.CH2O3.2K.H/c1-24-4-5-25-6-7-26-8-9-27-11-3-2-10(12(17)13(11)18)14-15(19)21-16(20)23-22-14;10-5-3(1-2-4(17)6(5)11)7-8(12)14-9(13)16-15-7;1-2;2-1-4-3;;;/h2-3H,4-9H2,1H3,(H4,19,20,21,23);1-2,17H,(H4,12,13,14,16);1H3;1,3H;;;/q;;;;2*+1;-1/p-1. The molecule has 0 atom stereocenters. The Morgan fingerprint density at radius 2 is 1.15 bits per heavy atom. The molecule has 0 fully saturated rings. The van der Waals surface area contributed by atoms with Crippen molar-refractivity contribution >= 4 is 92.3 Å². The Bertz CT molecular complexity index is 1670. The van der Waals surface area contributed by atoms with Crippen LogP contribution in [0.1, 0.15) is 1.43 Å². The summed E-state index contributed by atoms with van der Waals surface area (Å²) in [7, 11) is 1.62. The minimum atomic E-state index is -0.181. The molecular formula is C27H33BrCl4K2N10O8. The molecule has 4 aromatic rings. The fourth-order valence-corrected chi connectivity index (χ4v) is 4.19. The zero-order chi connectivity index (χ0) is 37.6. The topological polar surface area (TPSA) is 288 Å². The average Bonchev–Trinajstić information content (AvgIpc) is 3.10. The number of phenols is 1. The molecule has 0 aliphatic rings. The Morgan fingerprint density at radius 1 is 0.731 bits per heavy atom. The average molecular weight is 926 g/mol. The predicted octanol–water partition coefficient (Wildman–Crippen LogP) is -2.65. The number of alkyl halides is 1. The second-order valence-corrected chi connectivity index (χ2v) is 10.1. The molecule has 2 heterocycles. The van der Waals surface area contributed by atoms with Crippen LogP contribution in [-0.2, 0) is 23.9 Å². The summed E-state index contributed by atoms with van der Waals surface area (Å²) in [5.41, 5.74) is 23.7. The van der Waals surface area contributed by atoms with Crippen LogP contribution in [0.25, 0.3) is 22.5 Å². The number of halogens is 5. The molecule has 0 aliphatic heterocycles. The van der Waals surface area contributed by atoms with Gasteiger partial charge >= 0.3 is 103 Å². The summed E-state index contributed by atoms with van der Waals surface area (Å²) in [5, 5.41) is 33.4. The zero-order valence-corrected chi connectivity index (χ0v) is 39.2. The second kappa shape index (κ2) is 30.7. The van der Waals surface area contributed by atoms with Crippen molar-refractivity contribution in [3.8, 4) is 34.0 Å². The van der Waals surface area contributed by atoms with E-state index in [2.05, 4.69) is 51.2 Å². The number of hydrogen-bond donors (Lipinski definition) is 5. The molecule has 25 heteroatoms. The molecule has 0 amide bonds. The summed E-state index contributed by atoms with van der Waals surface area (Å²) in [4.78, 5) is 18.9. The number of carbonyl (C=O) groups excluding carboxylic acids is 1. The van der Waals surface area contributed by atoms with Crippen LogP contribution in [0, 0.1) is 0 Å². The summed E-state index contributed by atoms with van der Waals surface area (Å²) in [6, 6.07) is 6.23. The van der Waals surface area contributed by atoms with Gasteiger partial charge in [-0.15, -0.1) is 20.4 Å². The minimum absolute atomic E-state index is 0. The normalized spacial score (nSPS) is 9.62. The first kappa shape index (κ1) is 53.6. The summed E-state index contributed by atoms with van der Waals surface area (Å²) >= 11 is 27.3. The number of hydrogen-bond acceptors (Lipinski definition) is 18. The van der Waals surface area contributed by atoms with Gasteiger partial charge in [0.25, 0.3) is 6.47 Å². The Hall–Kier alpha value is -0.517. The summed E-state index contributed by atoms with van der Waals surface area (Å²) in [6.07, 6.45) is 0. The number of benzene rings is 2. The molecule has 2 aromatic heterocycles. The molecule has 0 saturated heterocycles. The van der Waals surface area contributed by atoms with Crippen molar-refractivity contribution in [3.05, 3.63) is 44.4 Å². The molecule has 0 unspecified atom stereocenters. The molecule has 2 aromatic carbocycles. The SMILES string of the molecule is CBr.COCCOCCOCCOc1ccc(-c2nnc(N)nc2N)c(Cl)c1Cl.Nc1nnc(-c2ccc(O)c(Cl)c2Cl)c(N)n1.O=CO[O-].[H-].[K+].[K+]. The van der Waals surface area contributed by atoms with Gasteiger partial charge in [-0.1, -0.05) is 62.3 Å². The van der Waals surface area contributed by atoms with E-state index in [-0.39, 0.29) is 166 Å². The van der Waals surface area contributed by atoms with Gasteiger partial charge in [-0.05, 0) is 30.1 Å². The number of nitrogens with zero attached hydrogens (tertiary/aromatic N) is 6. The van der Waals surface area contributed by atoms with Crippen LogP contribution in [0.5, 0.6) is 11.5 Å². The Balaban J connectivity index is -0.000000829. The van der Waals surface area contributed by atoms with Gasteiger partial charge < -0.3 is 58.6 Å². The van der Waals surface area contributed by atoms with Crippen LogP contribution in [-0.4, -0.2) is 94.5 Å². The van der Waals surface area contributed by atoms with E-state index in [0.717, 1.165) is 0 Å². The molecular weight excluding hydrogens is 892 g/mol. The maximum absolute atomic E-state index is 9.37. The van der Waals surface area contributed by atoms with E-state index in [1.54, 1.807) is 19.2 Å². The molecule has 0 saturated carbocycles. The number of nitrogens with two attached hydrogens (primary N) is 4. The zero-order valence-electron chi connectivity index (χ0n) is 29.3. The van der Waals surface area contributed by atoms with Crippen LogP contribution < -0.4 is 136 Å². The Morgan fingerprint density at radius 3 is 1.60 bits per heavy atom. The number of anilines is 4. The van der Waals surface area contributed by atoms with Crippen molar-refractivity contribution in [2.45, 2.75) is 0 Å². The third kappa shape index (κ3) is 18.4. The summed E-state index contributed by atoms with van der Waals surface area (Å²) < 4.78 is 21.2. The summed E-state index contributed by atoms with van der Waals surface area (Å²) in [6.45, 7) is 2.55. The predicted molar refractivity (Wildman–Crippen MR) is 192 cm³/mol. The maximum atomic E-state index is 9.37. The van der Waals surface area contributed by atoms with E-state index in [1.165, 1.54) is 12.1 Å². The van der Waals surface area contributed by atoms with E-state index in [9.17, 15) is 5.11 Å². The first-order chi connectivity index (χ1) is 24.0. The Kier molecular flexibility index (Phi) is 31.6. The molecule has 0 bridgehead atoms. The number of ether oxygens (including phenoxy) is 4. The van der Waals surface area contributed by atoms with E-state index in [4.69, 9.17) is 98.3 Å². The van der Waals surface area contributed by atoms with Crippen molar-refractivity contribution in [1.82, 2.24) is 30.4 Å². The number of rotatable bonds is 13. The number of aromatic nitrogens is 6. The second-order valence-electron chi connectivity index (χ2n) is 8.57. The molecule has 276 valence electrons. The van der Waals surface area contributed by atoms with Gasteiger partial charge in [0.15, 0.2) is 11.6 Å².